The van der Waals surface area contributed by atoms with Crippen molar-refractivity contribution in [2.75, 3.05) is 18.5 Å². The van der Waals surface area contributed by atoms with Crippen molar-refractivity contribution in [1.82, 2.24) is 10.3 Å². The molecule has 0 bridgehead atoms. The topological polar surface area (TPSA) is 80.3 Å². The monoisotopic (exact) mass is 341 g/mol. The van der Waals surface area contributed by atoms with Crippen molar-refractivity contribution in [3.63, 3.8) is 0 Å². The van der Waals surface area contributed by atoms with Crippen molar-refractivity contribution < 1.29 is 14.3 Å². The summed E-state index contributed by atoms with van der Waals surface area (Å²) in [6.45, 7) is 6.97. The second-order valence-corrected chi connectivity index (χ2v) is 5.95. The van der Waals surface area contributed by atoms with E-state index in [1.807, 2.05) is 32.9 Å². The van der Waals surface area contributed by atoms with Crippen molar-refractivity contribution in [3.05, 3.63) is 53.9 Å². The van der Waals surface area contributed by atoms with Gasteiger partial charge >= 0.3 is 0 Å². The van der Waals surface area contributed by atoms with Crippen LogP contribution in [0.15, 0.2) is 42.7 Å². The summed E-state index contributed by atoms with van der Waals surface area (Å²) in [4.78, 5) is 28.6. The molecule has 0 aliphatic heterocycles. The van der Waals surface area contributed by atoms with Crippen molar-refractivity contribution >= 4 is 17.5 Å². The SMILES string of the molecule is CCOc1ccccc1NC(=O)c1cncc(C(=O)NCC(C)C)c1. The highest BCUT2D eigenvalue weighted by Gasteiger charge is 2.13. The van der Waals surface area contributed by atoms with Gasteiger partial charge in [0.25, 0.3) is 11.8 Å². The Bertz CT molecular complexity index is 744. The Morgan fingerprint density at radius 1 is 1.12 bits per heavy atom. The molecule has 0 radical (unpaired) electrons. The molecule has 0 saturated carbocycles. The van der Waals surface area contributed by atoms with E-state index in [0.29, 0.717) is 41.6 Å². The van der Waals surface area contributed by atoms with Crippen molar-refractivity contribution in [2.24, 2.45) is 5.92 Å². The molecular formula is C19H23N3O3. The third kappa shape index (κ3) is 5.31. The van der Waals surface area contributed by atoms with Gasteiger partial charge in [0, 0.05) is 18.9 Å². The molecule has 0 fully saturated rings. The van der Waals surface area contributed by atoms with E-state index in [4.69, 9.17) is 4.74 Å². The first-order chi connectivity index (χ1) is 12.0. The Balaban J connectivity index is 2.12. The number of carbonyl (C=O) groups excluding carboxylic acids is 2. The summed E-state index contributed by atoms with van der Waals surface area (Å²) in [7, 11) is 0. The predicted octanol–water partition coefficient (Wildman–Crippen LogP) is 3.12. The zero-order chi connectivity index (χ0) is 18.2. The van der Waals surface area contributed by atoms with Crippen LogP contribution in [-0.4, -0.2) is 29.9 Å². The lowest BCUT2D eigenvalue weighted by Gasteiger charge is -2.12. The van der Waals surface area contributed by atoms with Gasteiger partial charge in [-0.15, -0.1) is 0 Å². The van der Waals surface area contributed by atoms with Gasteiger partial charge in [-0.25, -0.2) is 0 Å². The van der Waals surface area contributed by atoms with Gasteiger partial charge in [0.05, 0.1) is 23.4 Å². The van der Waals surface area contributed by atoms with Crippen LogP contribution < -0.4 is 15.4 Å². The van der Waals surface area contributed by atoms with Crippen LogP contribution in [-0.2, 0) is 0 Å². The molecule has 1 aromatic heterocycles. The number of para-hydroxylation sites is 2. The number of rotatable bonds is 7. The zero-order valence-corrected chi connectivity index (χ0v) is 14.7. The average Bonchev–Trinajstić information content (AvgIpc) is 2.61. The minimum Gasteiger partial charge on any atom is -0.492 e. The van der Waals surface area contributed by atoms with Crippen LogP contribution in [0.2, 0.25) is 0 Å². The summed E-state index contributed by atoms with van der Waals surface area (Å²) in [6.07, 6.45) is 2.87. The van der Waals surface area contributed by atoms with Gasteiger partial charge in [-0.3, -0.25) is 14.6 Å². The highest BCUT2D eigenvalue weighted by Crippen LogP contribution is 2.24. The van der Waals surface area contributed by atoms with E-state index >= 15 is 0 Å². The fourth-order valence-electron chi connectivity index (χ4n) is 2.13. The minimum absolute atomic E-state index is 0.245. The molecule has 1 heterocycles. The fourth-order valence-corrected chi connectivity index (χ4v) is 2.13. The molecule has 2 aromatic rings. The summed E-state index contributed by atoms with van der Waals surface area (Å²) in [5, 5.41) is 5.60. The van der Waals surface area contributed by atoms with Crippen LogP contribution in [0.25, 0.3) is 0 Å². The quantitative estimate of drug-likeness (QED) is 0.811. The number of amides is 2. The summed E-state index contributed by atoms with van der Waals surface area (Å²) in [6, 6.07) is 8.72. The number of hydrogen-bond acceptors (Lipinski definition) is 4. The molecule has 6 heteroatoms. The number of carbonyl (C=O) groups is 2. The number of anilines is 1. The van der Waals surface area contributed by atoms with Gasteiger partial charge in [-0.1, -0.05) is 26.0 Å². The molecule has 0 spiro atoms. The summed E-state index contributed by atoms with van der Waals surface area (Å²) in [5.74, 6) is 0.347. The maximum Gasteiger partial charge on any atom is 0.257 e. The number of nitrogens with zero attached hydrogens (tertiary/aromatic N) is 1. The number of ether oxygens (including phenoxy) is 1. The van der Waals surface area contributed by atoms with Gasteiger partial charge in [0.1, 0.15) is 5.75 Å². The van der Waals surface area contributed by atoms with Gasteiger partial charge in [-0.05, 0) is 31.0 Å². The standard InChI is InChI=1S/C19H23N3O3/c1-4-25-17-8-6-5-7-16(17)22-19(24)15-9-14(11-20-12-15)18(23)21-10-13(2)3/h5-9,11-13H,4,10H2,1-3H3,(H,21,23)(H,22,24). The second kappa shape index (κ2) is 8.82. The minimum atomic E-state index is -0.349. The van der Waals surface area contributed by atoms with Crippen molar-refractivity contribution in [2.45, 2.75) is 20.8 Å². The van der Waals surface area contributed by atoms with E-state index in [-0.39, 0.29) is 11.8 Å². The van der Waals surface area contributed by atoms with Crippen LogP contribution in [0.5, 0.6) is 5.75 Å². The van der Waals surface area contributed by atoms with Crippen LogP contribution in [0, 0.1) is 5.92 Å². The number of aromatic nitrogens is 1. The Kier molecular flexibility index (Phi) is 6.51. The normalized spacial score (nSPS) is 10.4. The van der Waals surface area contributed by atoms with E-state index in [9.17, 15) is 9.59 Å². The molecule has 0 atom stereocenters. The third-order valence-electron chi connectivity index (χ3n) is 3.37. The Morgan fingerprint density at radius 2 is 1.80 bits per heavy atom. The van der Waals surface area contributed by atoms with Gasteiger partial charge in [-0.2, -0.15) is 0 Å². The Labute approximate surface area is 147 Å². The molecule has 2 N–H and O–H groups in total. The number of pyridine rings is 1. The van der Waals surface area contributed by atoms with E-state index < -0.39 is 0 Å². The number of hydrogen-bond donors (Lipinski definition) is 2. The lowest BCUT2D eigenvalue weighted by molar-refractivity contribution is 0.0948. The molecule has 0 aliphatic rings. The predicted molar refractivity (Wildman–Crippen MR) is 97.0 cm³/mol. The first kappa shape index (κ1) is 18.4. The molecule has 25 heavy (non-hydrogen) atoms. The van der Waals surface area contributed by atoms with Crippen molar-refractivity contribution in [3.8, 4) is 5.75 Å². The smallest absolute Gasteiger partial charge is 0.257 e. The molecule has 1 aromatic carbocycles. The third-order valence-corrected chi connectivity index (χ3v) is 3.37. The first-order valence-electron chi connectivity index (χ1n) is 8.27. The van der Waals surface area contributed by atoms with E-state index in [1.165, 1.54) is 18.5 Å². The lowest BCUT2D eigenvalue weighted by Crippen LogP contribution is -2.27. The summed E-state index contributed by atoms with van der Waals surface area (Å²) < 4.78 is 5.50. The second-order valence-electron chi connectivity index (χ2n) is 5.95. The zero-order valence-electron chi connectivity index (χ0n) is 14.7. The van der Waals surface area contributed by atoms with Crippen LogP contribution in [0.1, 0.15) is 41.5 Å². The molecule has 2 rings (SSSR count). The molecule has 0 unspecified atom stereocenters. The Morgan fingerprint density at radius 3 is 2.48 bits per heavy atom. The summed E-state index contributed by atoms with van der Waals surface area (Å²) >= 11 is 0. The van der Waals surface area contributed by atoms with E-state index in [1.54, 1.807) is 12.1 Å². The highest BCUT2D eigenvalue weighted by molar-refractivity contribution is 6.06. The molecular weight excluding hydrogens is 318 g/mol. The van der Waals surface area contributed by atoms with E-state index in [2.05, 4.69) is 15.6 Å². The lowest BCUT2D eigenvalue weighted by atomic mass is 10.1. The largest absolute Gasteiger partial charge is 0.492 e. The highest BCUT2D eigenvalue weighted by atomic mass is 16.5. The van der Waals surface area contributed by atoms with Crippen LogP contribution in [0.4, 0.5) is 5.69 Å². The van der Waals surface area contributed by atoms with E-state index in [0.717, 1.165) is 0 Å². The first-order valence-corrected chi connectivity index (χ1v) is 8.27. The van der Waals surface area contributed by atoms with Gasteiger partial charge in [0.15, 0.2) is 0 Å². The maximum atomic E-state index is 12.5. The van der Waals surface area contributed by atoms with Gasteiger partial charge in [0.2, 0.25) is 0 Å². The van der Waals surface area contributed by atoms with Crippen molar-refractivity contribution in [1.29, 1.82) is 0 Å². The molecule has 132 valence electrons. The van der Waals surface area contributed by atoms with Gasteiger partial charge < -0.3 is 15.4 Å². The molecule has 0 saturated heterocycles. The van der Waals surface area contributed by atoms with Crippen LogP contribution in [0.3, 0.4) is 0 Å². The molecule has 0 aliphatic carbocycles. The van der Waals surface area contributed by atoms with Crippen LogP contribution >= 0.6 is 0 Å². The molecule has 6 nitrogen and oxygen atoms in total. The molecule has 2 amide bonds. The average molecular weight is 341 g/mol. The fraction of sp³-hybridized carbons (Fsp3) is 0.316. The Hall–Kier alpha value is -2.89. The number of benzene rings is 1. The maximum absolute atomic E-state index is 12.5. The summed E-state index contributed by atoms with van der Waals surface area (Å²) in [5.41, 5.74) is 1.24. The number of nitrogens with one attached hydrogen (secondary N) is 2.